The molecular formula is C25H25N3O3S3. The Bertz CT molecular complexity index is 1510. The lowest BCUT2D eigenvalue weighted by molar-refractivity contribution is -0.123. The van der Waals surface area contributed by atoms with Gasteiger partial charge in [-0.25, -0.2) is 4.98 Å². The maximum absolute atomic E-state index is 13.9. The van der Waals surface area contributed by atoms with Crippen LogP contribution in [0.5, 0.6) is 5.75 Å². The molecule has 0 aliphatic rings. The molecule has 0 radical (unpaired) electrons. The van der Waals surface area contributed by atoms with E-state index in [-0.39, 0.29) is 17.1 Å². The number of hydrogen-bond acceptors (Lipinski definition) is 7. The summed E-state index contributed by atoms with van der Waals surface area (Å²) in [7, 11) is 1.56. The van der Waals surface area contributed by atoms with Crippen LogP contribution in [0.2, 0.25) is 0 Å². The number of aryl methyl sites for hydroxylation is 1. The highest BCUT2D eigenvalue weighted by Crippen LogP contribution is 2.31. The summed E-state index contributed by atoms with van der Waals surface area (Å²) in [5.74, 6) is 0.794. The number of hydrogen-bond donors (Lipinski definition) is 0. The Balaban J connectivity index is 2.01. The van der Waals surface area contributed by atoms with E-state index in [4.69, 9.17) is 21.9 Å². The van der Waals surface area contributed by atoms with Gasteiger partial charge in [0.15, 0.2) is 14.8 Å². The molecule has 9 heteroatoms. The first kappa shape index (κ1) is 24.4. The second-order valence-corrected chi connectivity index (χ2v) is 11.4. The number of aromatic nitrogens is 3. The van der Waals surface area contributed by atoms with Gasteiger partial charge in [0.25, 0.3) is 5.56 Å². The Morgan fingerprint density at radius 2 is 1.74 bits per heavy atom. The predicted octanol–water partition coefficient (Wildman–Crippen LogP) is 5.99. The predicted molar refractivity (Wildman–Crippen MR) is 142 cm³/mol. The van der Waals surface area contributed by atoms with E-state index in [0.717, 1.165) is 11.3 Å². The fourth-order valence-electron chi connectivity index (χ4n) is 3.43. The van der Waals surface area contributed by atoms with E-state index in [9.17, 15) is 9.59 Å². The molecule has 0 spiro atoms. The third kappa shape index (κ3) is 4.47. The van der Waals surface area contributed by atoms with Crippen LogP contribution in [0.3, 0.4) is 0 Å². The molecule has 0 saturated heterocycles. The zero-order valence-electron chi connectivity index (χ0n) is 19.6. The first-order chi connectivity index (χ1) is 16.1. The van der Waals surface area contributed by atoms with Gasteiger partial charge in [-0.1, -0.05) is 74.2 Å². The summed E-state index contributed by atoms with van der Waals surface area (Å²) in [6.45, 7) is 7.64. The molecule has 0 saturated carbocycles. The van der Waals surface area contributed by atoms with Crippen molar-refractivity contribution in [2.75, 3.05) is 12.9 Å². The minimum atomic E-state index is -0.496. The largest absolute Gasteiger partial charge is 0.495 e. The number of rotatable bonds is 6. The van der Waals surface area contributed by atoms with Gasteiger partial charge in [0.2, 0.25) is 0 Å². The van der Waals surface area contributed by atoms with Crippen molar-refractivity contribution in [1.82, 2.24) is 14.1 Å². The lowest BCUT2D eigenvalue weighted by Gasteiger charge is -2.18. The molecule has 34 heavy (non-hydrogen) atoms. The van der Waals surface area contributed by atoms with E-state index in [1.165, 1.54) is 27.7 Å². The number of benzene rings is 2. The van der Waals surface area contributed by atoms with Crippen molar-refractivity contribution >= 4 is 51.4 Å². The fourth-order valence-corrected chi connectivity index (χ4v) is 5.88. The van der Waals surface area contributed by atoms with Gasteiger partial charge in [0.1, 0.15) is 16.2 Å². The number of ketones is 1. The molecular weight excluding hydrogens is 486 g/mol. The quantitative estimate of drug-likeness (QED) is 0.180. The molecule has 4 aromatic rings. The molecule has 0 bridgehead atoms. The van der Waals surface area contributed by atoms with E-state index in [1.54, 1.807) is 19.2 Å². The maximum atomic E-state index is 13.9. The van der Waals surface area contributed by atoms with Crippen LogP contribution >= 0.6 is 35.3 Å². The molecule has 4 rings (SSSR count). The van der Waals surface area contributed by atoms with Crippen LogP contribution in [0.25, 0.3) is 21.7 Å². The minimum Gasteiger partial charge on any atom is -0.495 e. The van der Waals surface area contributed by atoms with Gasteiger partial charge >= 0.3 is 0 Å². The topological polar surface area (TPSA) is 66.1 Å². The third-order valence-electron chi connectivity index (χ3n) is 5.43. The van der Waals surface area contributed by atoms with Gasteiger partial charge in [-0.3, -0.25) is 18.7 Å². The average Bonchev–Trinajstić information content (AvgIpc) is 3.13. The van der Waals surface area contributed by atoms with Crippen molar-refractivity contribution in [3.63, 3.8) is 0 Å². The summed E-state index contributed by atoms with van der Waals surface area (Å²) in [6, 6.07) is 15.1. The Morgan fingerprint density at radius 1 is 1.09 bits per heavy atom. The number of ether oxygens (including phenoxy) is 1. The molecule has 6 nitrogen and oxygen atoms in total. The molecule has 2 aromatic heterocycles. The number of para-hydroxylation sites is 3. The zero-order chi connectivity index (χ0) is 24.6. The van der Waals surface area contributed by atoms with Gasteiger partial charge in [-0.15, -0.1) is 0 Å². The average molecular weight is 512 g/mol. The Labute approximate surface area is 211 Å². The number of fused-ring (bicyclic) bond motifs is 1. The van der Waals surface area contributed by atoms with Gasteiger partial charge in [0.05, 0.1) is 24.2 Å². The Morgan fingerprint density at radius 3 is 2.38 bits per heavy atom. The summed E-state index contributed by atoms with van der Waals surface area (Å²) in [6.07, 6.45) is 0. The molecule has 2 aromatic carbocycles. The summed E-state index contributed by atoms with van der Waals surface area (Å²) in [4.78, 5) is 31.5. The van der Waals surface area contributed by atoms with E-state index < -0.39 is 5.41 Å². The monoisotopic (exact) mass is 511 g/mol. The van der Waals surface area contributed by atoms with Crippen molar-refractivity contribution in [2.24, 2.45) is 5.41 Å². The maximum Gasteiger partial charge on any atom is 0.278 e. The highest BCUT2D eigenvalue weighted by Gasteiger charge is 2.25. The van der Waals surface area contributed by atoms with Crippen LogP contribution in [0.15, 0.2) is 58.5 Å². The number of Topliss-reactive ketones (excluding diaryl/α,β-unsaturated/α-hetero) is 1. The van der Waals surface area contributed by atoms with Crippen LogP contribution in [0, 0.1) is 16.3 Å². The Hall–Kier alpha value is -2.75. The van der Waals surface area contributed by atoms with E-state index in [2.05, 4.69) is 0 Å². The highest BCUT2D eigenvalue weighted by atomic mass is 32.2. The molecule has 176 valence electrons. The van der Waals surface area contributed by atoms with Crippen LogP contribution in [-0.2, 0) is 4.79 Å². The van der Waals surface area contributed by atoms with Crippen molar-refractivity contribution in [3.05, 3.63) is 68.4 Å². The standard InChI is InChI=1S/C25H25N3O3S3/c1-15-10-6-7-11-16(15)27-21-20(34-24(27)32)22(30)28(17-12-8-9-13-18(17)31-5)23(26-21)33-14-19(29)25(2,3)4/h6-13H,14H2,1-5H3. The van der Waals surface area contributed by atoms with E-state index in [0.29, 0.717) is 30.9 Å². The van der Waals surface area contributed by atoms with Gasteiger partial charge in [0, 0.05) is 5.41 Å². The molecule has 0 aliphatic heterocycles. The summed E-state index contributed by atoms with van der Waals surface area (Å²) < 4.78 is 9.88. The fraction of sp³-hybridized carbons (Fsp3) is 0.280. The highest BCUT2D eigenvalue weighted by molar-refractivity contribution is 7.99. The van der Waals surface area contributed by atoms with Crippen LogP contribution in [0.1, 0.15) is 26.3 Å². The first-order valence-electron chi connectivity index (χ1n) is 10.7. The molecule has 0 atom stereocenters. The number of carbonyl (C=O) groups is 1. The van der Waals surface area contributed by atoms with Gasteiger partial charge < -0.3 is 4.74 Å². The van der Waals surface area contributed by atoms with Crippen LogP contribution in [0.4, 0.5) is 0 Å². The molecule has 2 heterocycles. The van der Waals surface area contributed by atoms with E-state index in [1.807, 2.05) is 68.7 Å². The van der Waals surface area contributed by atoms with Gasteiger partial charge in [-0.2, -0.15) is 0 Å². The zero-order valence-corrected chi connectivity index (χ0v) is 22.1. The smallest absolute Gasteiger partial charge is 0.278 e. The van der Waals surface area contributed by atoms with Crippen molar-refractivity contribution in [1.29, 1.82) is 0 Å². The Kier molecular flexibility index (Phi) is 6.80. The normalized spacial score (nSPS) is 11.7. The minimum absolute atomic E-state index is 0.0690. The summed E-state index contributed by atoms with van der Waals surface area (Å²) >= 11 is 8.15. The second kappa shape index (κ2) is 9.48. The number of methoxy groups -OCH3 is 1. The lowest BCUT2D eigenvalue weighted by atomic mass is 9.92. The van der Waals surface area contributed by atoms with Crippen LogP contribution < -0.4 is 10.3 Å². The first-order valence-corrected chi connectivity index (χ1v) is 12.9. The lowest BCUT2D eigenvalue weighted by Crippen LogP contribution is -2.25. The van der Waals surface area contributed by atoms with E-state index >= 15 is 0 Å². The molecule has 0 N–H and O–H groups in total. The molecule has 0 unspecified atom stereocenters. The number of thioether (sulfide) groups is 1. The van der Waals surface area contributed by atoms with Crippen LogP contribution in [-0.4, -0.2) is 32.8 Å². The third-order valence-corrected chi connectivity index (χ3v) is 7.72. The second-order valence-electron chi connectivity index (χ2n) is 8.81. The van der Waals surface area contributed by atoms with Gasteiger partial charge in [-0.05, 0) is 42.9 Å². The number of nitrogens with zero attached hydrogens (tertiary/aromatic N) is 3. The molecule has 0 aliphatic carbocycles. The molecule has 0 fully saturated rings. The van der Waals surface area contributed by atoms with Crippen molar-refractivity contribution in [3.8, 4) is 17.1 Å². The van der Waals surface area contributed by atoms with Crippen molar-refractivity contribution in [2.45, 2.75) is 32.9 Å². The summed E-state index contributed by atoms with van der Waals surface area (Å²) in [5.41, 5.74) is 2.21. The SMILES string of the molecule is COc1ccccc1-n1c(SCC(=O)C(C)(C)C)nc2c(sc(=S)n2-c2ccccc2C)c1=O. The number of thiazole rings is 1. The van der Waals surface area contributed by atoms with Crippen molar-refractivity contribution < 1.29 is 9.53 Å². The molecule has 0 amide bonds. The summed E-state index contributed by atoms with van der Waals surface area (Å²) in [5, 5.41) is 0.412. The number of carbonyl (C=O) groups excluding carboxylic acids is 1.